The summed E-state index contributed by atoms with van der Waals surface area (Å²) in [6.45, 7) is 5.96. The summed E-state index contributed by atoms with van der Waals surface area (Å²) in [5.74, 6) is 1.85. The van der Waals surface area contributed by atoms with Gasteiger partial charge in [-0.2, -0.15) is 0 Å². The SMILES string of the molecule is CC(C)Cn1ccnc1CNC(=O)N(C)C1CCC(CO)CC1. The summed E-state index contributed by atoms with van der Waals surface area (Å²) < 4.78 is 2.09. The van der Waals surface area contributed by atoms with Crippen LogP contribution in [0, 0.1) is 11.8 Å². The van der Waals surface area contributed by atoms with E-state index in [4.69, 9.17) is 0 Å². The molecule has 1 aromatic rings. The molecule has 1 fully saturated rings. The Kier molecular flexibility index (Phi) is 6.45. The molecule has 0 unspecified atom stereocenters. The zero-order valence-corrected chi connectivity index (χ0v) is 14.5. The molecule has 1 aromatic heterocycles. The van der Waals surface area contributed by atoms with Crippen LogP contribution in [0.2, 0.25) is 0 Å². The van der Waals surface area contributed by atoms with Gasteiger partial charge in [0.1, 0.15) is 5.82 Å². The minimum Gasteiger partial charge on any atom is -0.396 e. The molecule has 2 rings (SSSR count). The van der Waals surface area contributed by atoms with Crippen molar-refractivity contribution in [2.45, 2.75) is 58.7 Å². The van der Waals surface area contributed by atoms with E-state index >= 15 is 0 Å². The van der Waals surface area contributed by atoms with Gasteiger partial charge in [0.15, 0.2) is 0 Å². The van der Waals surface area contributed by atoms with Crippen molar-refractivity contribution in [3.05, 3.63) is 18.2 Å². The molecule has 2 amide bonds. The number of aliphatic hydroxyl groups is 1. The number of rotatable bonds is 6. The second-order valence-corrected chi connectivity index (χ2v) is 7.02. The van der Waals surface area contributed by atoms with Crippen molar-refractivity contribution in [2.24, 2.45) is 11.8 Å². The predicted octanol–water partition coefficient (Wildman–Crippen LogP) is 2.23. The Balaban J connectivity index is 1.81. The number of carbonyl (C=O) groups is 1. The summed E-state index contributed by atoms with van der Waals surface area (Å²) in [6, 6.07) is 0.227. The Morgan fingerprint density at radius 1 is 1.43 bits per heavy atom. The summed E-state index contributed by atoms with van der Waals surface area (Å²) in [5.41, 5.74) is 0. The number of carbonyl (C=O) groups excluding carboxylic acids is 1. The number of aliphatic hydroxyl groups excluding tert-OH is 1. The summed E-state index contributed by atoms with van der Waals surface area (Å²) >= 11 is 0. The lowest BCUT2D eigenvalue weighted by atomic mass is 9.86. The Morgan fingerprint density at radius 3 is 2.74 bits per heavy atom. The molecule has 1 aliphatic carbocycles. The second-order valence-electron chi connectivity index (χ2n) is 7.02. The van der Waals surface area contributed by atoms with Crippen LogP contribution < -0.4 is 5.32 Å². The third kappa shape index (κ3) is 4.96. The number of aromatic nitrogens is 2. The van der Waals surface area contributed by atoms with Gasteiger partial charge in [0.05, 0.1) is 6.54 Å². The van der Waals surface area contributed by atoms with E-state index < -0.39 is 0 Å². The van der Waals surface area contributed by atoms with Crippen molar-refractivity contribution in [1.29, 1.82) is 0 Å². The fourth-order valence-corrected chi connectivity index (χ4v) is 3.23. The first-order chi connectivity index (χ1) is 11.0. The number of nitrogens with zero attached hydrogens (tertiary/aromatic N) is 3. The molecule has 1 saturated carbocycles. The van der Waals surface area contributed by atoms with Gasteiger partial charge >= 0.3 is 6.03 Å². The number of urea groups is 1. The van der Waals surface area contributed by atoms with Crippen molar-refractivity contribution >= 4 is 6.03 Å². The van der Waals surface area contributed by atoms with Gasteiger partial charge in [-0.05, 0) is 37.5 Å². The van der Waals surface area contributed by atoms with Gasteiger partial charge in [0.2, 0.25) is 0 Å². The van der Waals surface area contributed by atoms with E-state index in [-0.39, 0.29) is 18.7 Å². The minimum absolute atomic E-state index is 0.0449. The smallest absolute Gasteiger partial charge is 0.317 e. The van der Waals surface area contributed by atoms with Crippen LogP contribution in [0.1, 0.15) is 45.4 Å². The fraction of sp³-hybridized carbons (Fsp3) is 0.765. The topological polar surface area (TPSA) is 70.4 Å². The van der Waals surface area contributed by atoms with Crippen molar-refractivity contribution in [1.82, 2.24) is 19.8 Å². The standard InChI is InChI=1S/C17H30N4O2/c1-13(2)11-21-9-8-18-16(21)10-19-17(23)20(3)15-6-4-14(12-22)5-7-15/h8-9,13-15,22H,4-7,10-12H2,1-3H3,(H,19,23). The van der Waals surface area contributed by atoms with Crippen molar-refractivity contribution < 1.29 is 9.90 Å². The number of nitrogens with one attached hydrogen (secondary N) is 1. The van der Waals surface area contributed by atoms with Crippen LogP contribution in [0.5, 0.6) is 0 Å². The van der Waals surface area contributed by atoms with Gasteiger partial charge < -0.3 is 19.9 Å². The average molecular weight is 322 g/mol. The minimum atomic E-state index is -0.0449. The summed E-state index contributed by atoms with van der Waals surface area (Å²) in [6.07, 6.45) is 7.68. The molecule has 0 aliphatic heterocycles. The highest BCUT2D eigenvalue weighted by atomic mass is 16.3. The Bertz CT molecular complexity index is 493. The van der Waals surface area contributed by atoms with Crippen LogP contribution >= 0.6 is 0 Å². The highest BCUT2D eigenvalue weighted by molar-refractivity contribution is 5.74. The first kappa shape index (κ1) is 17.8. The van der Waals surface area contributed by atoms with Crippen LogP contribution in [0.15, 0.2) is 12.4 Å². The van der Waals surface area contributed by atoms with Gasteiger partial charge in [-0.15, -0.1) is 0 Å². The molecule has 1 aliphatic rings. The summed E-state index contributed by atoms with van der Waals surface area (Å²) in [7, 11) is 1.86. The molecule has 6 heteroatoms. The van der Waals surface area contributed by atoms with E-state index in [0.29, 0.717) is 18.4 Å². The second kappa shape index (κ2) is 8.34. The van der Waals surface area contributed by atoms with Gasteiger partial charge in [-0.25, -0.2) is 9.78 Å². The first-order valence-corrected chi connectivity index (χ1v) is 8.62. The zero-order valence-electron chi connectivity index (χ0n) is 14.5. The first-order valence-electron chi connectivity index (χ1n) is 8.62. The molecule has 0 aromatic carbocycles. The van der Waals surface area contributed by atoms with Gasteiger partial charge in [0, 0.05) is 38.6 Å². The van der Waals surface area contributed by atoms with Gasteiger partial charge in [-0.1, -0.05) is 13.8 Å². The van der Waals surface area contributed by atoms with E-state index in [1.165, 1.54) is 0 Å². The number of hydrogen-bond acceptors (Lipinski definition) is 3. The summed E-state index contributed by atoms with van der Waals surface area (Å²) in [5, 5.41) is 12.2. The fourth-order valence-electron chi connectivity index (χ4n) is 3.23. The molecule has 0 atom stereocenters. The van der Waals surface area contributed by atoms with E-state index in [0.717, 1.165) is 38.1 Å². The van der Waals surface area contributed by atoms with E-state index in [1.807, 2.05) is 18.1 Å². The maximum atomic E-state index is 12.4. The van der Waals surface area contributed by atoms with E-state index in [9.17, 15) is 9.90 Å². The Morgan fingerprint density at radius 2 is 2.13 bits per heavy atom. The molecular weight excluding hydrogens is 292 g/mol. The highest BCUT2D eigenvalue weighted by Crippen LogP contribution is 2.26. The predicted molar refractivity (Wildman–Crippen MR) is 89.9 cm³/mol. The molecule has 0 saturated heterocycles. The Labute approximate surface area is 138 Å². The van der Waals surface area contributed by atoms with Crippen LogP contribution in [0.3, 0.4) is 0 Å². The number of amides is 2. The molecule has 6 nitrogen and oxygen atoms in total. The largest absolute Gasteiger partial charge is 0.396 e. The Hall–Kier alpha value is -1.56. The third-order valence-corrected chi connectivity index (χ3v) is 4.70. The lowest BCUT2D eigenvalue weighted by Crippen LogP contribution is -2.45. The zero-order chi connectivity index (χ0) is 16.8. The summed E-state index contributed by atoms with van der Waals surface area (Å²) in [4.78, 5) is 18.5. The van der Waals surface area contributed by atoms with Crippen LogP contribution in [0.25, 0.3) is 0 Å². The molecular formula is C17H30N4O2. The molecule has 2 N–H and O–H groups in total. The molecule has 0 radical (unpaired) electrons. The van der Waals surface area contributed by atoms with Crippen molar-refractivity contribution in [3.8, 4) is 0 Å². The molecule has 23 heavy (non-hydrogen) atoms. The van der Waals surface area contributed by atoms with Gasteiger partial charge in [0.25, 0.3) is 0 Å². The van der Waals surface area contributed by atoms with Crippen LogP contribution in [-0.2, 0) is 13.1 Å². The number of hydrogen-bond donors (Lipinski definition) is 2. The number of imidazole rings is 1. The molecule has 130 valence electrons. The van der Waals surface area contributed by atoms with Crippen LogP contribution in [-0.4, -0.2) is 45.3 Å². The third-order valence-electron chi connectivity index (χ3n) is 4.70. The lowest BCUT2D eigenvalue weighted by Gasteiger charge is -2.34. The quantitative estimate of drug-likeness (QED) is 0.844. The molecule has 0 bridgehead atoms. The normalized spacial score (nSPS) is 21.4. The molecule has 1 heterocycles. The maximum absolute atomic E-state index is 12.4. The van der Waals surface area contributed by atoms with Crippen molar-refractivity contribution in [2.75, 3.05) is 13.7 Å². The van der Waals surface area contributed by atoms with Crippen molar-refractivity contribution in [3.63, 3.8) is 0 Å². The monoisotopic (exact) mass is 322 g/mol. The highest BCUT2D eigenvalue weighted by Gasteiger charge is 2.26. The maximum Gasteiger partial charge on any atom is 0.317 e. The lowest BCUT2D eigenvalue weighted by molar-refractivity contribution is 0.134. The van der Waals surface area contributed by atoms with E-state index in [2.05, 4.69) is 28.7 Å². The molecule has 0 spiro atoms. The van der Waals surface area contributed by atoms with Gasteiger partial charge in [-0.3, -0.25) is 0 Å². The average Bonchev–Trinajstić information content (AvgIpc) is 2.98. The van der Waals surface area contributed by atoms with Crippen LogP contribution in [0.4, 0.5) is 4.79 Å². The van der Waals surface area contributed by atoms with E-state index in [1.54, 1.807) is 6.20 Å².